The van der Waals surface area contributed by atoms with Gasteiger partial charge in [0.1, 0.15) is 5.03 Å². The molecule has 2 rings (SSSR count). The monoisotopic (exact) mass is 261 g/mol. The van der Waals surface area contributed by atoms with Crippen molar-refractivity contribution in [3.05, 3.63) is 41.1 Å². The molecule has 17 heavy (non-hydrogen) atoms. The van der Waals surface area contributed by atoms with Crippen molar-refractivity contribution in [3.8, 4) is 0 Å². The molecule has 0 spiro atoms. The first-order valence-electron chi connectivity index (χ1n) is 4.75. The second-order valence-electron chi connectivity index (χ2n) is 3.56. The van der Waals surface area contributed by atoms with Gasteiger partial charge in [-0.25, -0.2) is 0 Å². The number of halogens is 3. The molecular weight excluding hydrogens is 251 g/mol. The van der Waals surface area contributed by atoms with Gasteiger partial charge >= 0.3 is 6.18 Å². The van der Waals surface area contributed by atoms with E-state index in [0.717, 1.165) is 12.1 Å². The summed E-state index contributed by atoms with van der Waals surface area (Å²) in [5, 5.41) is 3.90. The summed E-state index contributed by atoms with van der Waals surface area (Å²) in [6.45, 7) is 0. The van der Waals surface area contributed by atoms with Gasteiger partial charge in [-0.1, -0.05) is 0 Å². The van der Waals surface area contributed by atoms with Crippen molar-refractivity contribution < 1.29 is 13.2 Å². The van der Waals surface area contributed by atoms with Crippen LogP contribution in [0.25, 0.3) is 0 Å². The van der Waals surface area contributed by atoms with Crippen LogP contribution in [0.1, 0.15) is 5.56 Å². The molecule has 1 aliphatic rings. The van der Waals surface area contributed by atoms with Gasteiger partial charge in [-0.3, -0.25) is 10.0 Å². The van der Waals surface area contributed by atoms with Crippen molar-refractivity contribution in [1.29, 1.82) is 0 Å². The standard InChI is InChI=1S/C10H10F3N3S/c1-15-9(17)6-16(14-15)8-4-2-7(3-5-8)10(11,12)13/h2-6,14,17H,1H3. The number of hydrazine groups is 2. The van der Waals surface area contributed by atoms with Gasteiger partial charge in [0.05, 0.1) is 17.5 Å². The summed E-state index contributed by atoms with van der Waals surface area (Å²) in [5.74, 6) is 0. The molecule has 1 aromatic rings. The van der Waals surface area contributed by atoms with Crippen LogP contribution in [0.5, 0.6) is 0 Å². The second kappa shape index (κ2) is 4.15. The van der Waals surface area contributed by atoms with Crippen LogP contribution in [0.3, 0.4) is 0 Å². The molecule has 0 fully saturated rings. The molecular formula is C10H10F3N3S. The molecule has 1 aliphatic heterocycles. The van der Waals surface area contributed by atoms with Gasteiger partial charge in [0, 0.05) is 7.05 Å². The molecule has 1 N–H and O–H groups in total. The average Bonchev–Trinajstić information content (AvgIpc) is 2.58. The molecule has 0 bridgehead atoms. The summed E-state index contributed by atoms with van der Waals surface area (Å²) >= 11 is 4.17. The summed E-state index contributed by atoms with van der Waals surface area (Å²) in [6.07, 6.45) is -2.63. The Morgan fingerprint density at radius 2 is 1.76 bits per heavy atom. The fourth-order valence-electron chi connectivity index (χ4n) is 1.39. The Balaban J connectivity index is 2.20. The van der Waals surface area contributed by atoms with Crippen LogP contribution in [0.2, 0.25) is 0 Å². The van der Waals surface area contributed by atoms with Gasteiger partial charge in [0.25, 0.3) is 0 Å². The van der Waals surface area contributed by atoms with Gasteiger partial charge in [-0.2, -0.15) is 13.2 Å². The molecule has 0 radical (unpaired) electrons. The van der Waals surface area contributed by atoms with E-state index in [-0.39, 0.29) is 0 Å². The Hall–Kier alpha value is -1.34. The quantitative estimate of drug-likeness (QED) is 0.758. The zero-order valence-corrected chi connectivity index (χ0v) is 9.76. The van der Waals surface area contributed by atoms with Crippen LogP contribution >= 0.6 is 12.6 Å². The third-order valence-electron chi connectivity index (χ3n) is 2.32. The summed E-state index contributed by atoms with van der Waals surface area (Å²) in [5.41, 5.74) is 2.84. The van der Waals surface area contributed by atoms with E-state index in [1.54, 1.807) is 23.3 Å². The van der Waals surface area contributed by atoms with Gasteiger partial charge < -0.3 is 0 Å². The average molecular weight is 261 g/mol. The van der Waals surface area contributed by atoms with E-state index in [0.29, 0.717) is 10.7 Å². The zero-order valence-electron chi connectivity index (χ0n) is 8.86. The molecule has 0 saturated heterocycles. The first-order chi connectivity index (χ1) is 7.88. The van der Waals surface area contributed by atoms with E-state index in [2.05, 4.69) is 18.2 Å². The van der Waals surface area contributed by atoms with Gasteiger partial charge in [0.15, 0.2) is 0 Å². The predicted octanol–water partition coefficient (Wildman–Crippen LogP) is 2.61. The molecule has 7 heteroatoms. The molecule has 0 unspecified atom stereocenters. The number of hydrogen-bond acceptors (Lipinski definition) is 4. The normalized spacial score (nSPS) is 16.4. The van der Waals surface area contributed by atoms with Crippen LogP contribution in [-0.4, -0.2) is 12.1 Å². The zero-order chi connectivity index (χ0) is 12.6. The van der Waals surface area contributed by atoms with Crippen LogP contribution < -0.4 is 10.5 Å². The van der Waals surface area contributed by atoms with E-state index in [9.17, 15) is 13.2 Å². The number of anilines is 1. The van der Waals surface area contributed by atoms with Crippen molar-refractivity contribution >= 4 is 18.3 Å². The van der Waals surface area contributed by atoms with Gasteiger partial charge in [0.2, 0.25) is 0 Å². The number of alkyl halides is 3. The number of benzene rings is 1. The van der Waals surface area contributed by atoms with Crippen LogP contribution in [0, 0.1) is 0 Å². The van der Waals surface area contributed by atoms with E-state index in [1.165, 1.54) is 12.1 Å². The summed E-state index contributed by atoms with van der Waals surface area (Å²) < 4.78 is 37.1. The molecule has 1 heterocycles. The third-order valence-corrected chi connectivity index (χ3v) is 2.73. The highest BCUT2D eigenvalue weighted by molar-refractivity contribution is 7.84. The molecule has 0 amide bonds. The molecule has 3 nitrogen and oxygen atoms in total. The number of rotatable bonds is 1. The fourth-order valence-corrected chi connectivity index (χ4v) is 1.55. The van der Waals surface area contributed by atoms with E-state index in [4.69, 9.17) is 0 Å². The Labute approximate surface area is 102 Å². The maximum Gasteiger partial charge on any atom is 0.416 e. The van der Waals surface area contributed by atoms with E-state index >= 15 is 0 Å². The molecule has 92 valence electrons. The smallest absolute Gasteiger partial charge is 0.286 e. The largest absolute Gasteiger partial charge is 0.416 e. The van der Waals surface area contributed by atoms with Crippen molar-refractivity contribution in [2.45, 2.75) is 6.18 Å². The lowest BCUT2D eigenvalue weighted by atomic mass is 10.2. The van der Waals surface area contributed by atoms with Crippen molar-refractivity contribution in [3.63, 3.8) is 0 Å². The Morgan fingerprint density at radius 3 is 2.18 bits per heavy atom. The summed E-state index contributed by atoms with van der Waals surface area (Å²) in [4.78, 5) is 0. The van der Waals surface area contributed by atoms with Crippen LogP contribution in [0.4, 0.5) is 18.9 Å². The predicted molar refractivity (Wildman–Crippen MR) is 61.9 cm³/mol. The third kappa shape index (κ3) is 2.50. The maximum absolute atomic E-state index is 12.4. The SMILES string of the molecule is CN1NN(c2ccc(C(F)(F)F)cc2)C=C1S. The van der Waals surface area contributed by atoms with Crippen molar-refractivity contribution in [2.75, 3.05) is 12.1 Å². The Morgan fingerprint density at radius 1 is 1.18 bits per heavy atom. The number of nitrogens with zero attached hydrogens (tertiary/aromatic N) is 2. The van der Waals surface area contributed by atoms with Crippen LogP contribution in [0.15, 0.2) is 35.5 Å². The fraction of sp³-hybridized carbons (Fsp3) is 0.200. The van der Waals surface area contributed by atoms with Gasteiger partial charge in [-0.15, -0.1) is 18.2 Å². The summed E-state index contributed by atoms with van der Waals surface area (Å²) in [7, 11) is 1.75. The first-order valence-corrected chi connectivity index (χ1v) is 5.20. The molecule has 0 saturated carbocycles. The van der Waals surface area contributed by atoms with Gasteiger partial charge in [-0.05, 0) is 24.3 Å². The minimum Gasteiger partial charge on any atom is -0.286 e. The molecule has 1 aromatic carbocycles. The van der Waals surface area contributed by atoms with E-state index in [1.807, 2.05) is 0 Å². The van der Waals surface area contributed by atoms with Crippen molar-refractivity contribution in [2.24, 2.45) is 0 Å². The highest BCUT2D eigenvalue weighted by Crippen LogP contribution is 2.31. The minimum atomic E-state index is -4.31. The number of nitrogens with one attached hydrogen (secondary N) is 1. The highest BCUT2D eigenvalue weighted by atomic mass is 32.1. The Kier molecular flexibility index (Phi) is 2.96. The van der Waals surface area contributed by atoms with E-state index < -0.39 is 11.7 Å². The molecule has 0 aliphatic carbocycles. The lowest BCUT2D eigenvalue weighted by molar-refractivity contribution is -0.137. The number of hydrogen-bond donors (Lipinski definition) is 2. The first kappa shape index (κ1) is 12.1. The number of thiol groups is 1. The molecule has 0 atom stereocenters. The Bertz CT molecular complexity index is 441. The second-order valence-corrected chi connectivity index (χ2v) is 4.02. The lowest BCUT2D eigenvalue weighted by Gasteiger charge is -2.20. The summed E-state index contributed by atoms with van der Waals surface area (Å²) in [6, 6.07) is 4.88. The highest BCUT2D eigenvalue weighted by Gasteiger charge is 2.30. The topological polar surface area (TPSA) is 18.5 Å². The van der Waals surface area contributed by atoms with Crippen molar-refractivity contribution in [1.82, 2.24) is 10.5 Å². The van der Waals surface area contributed by atoms with Crippen LogP contribution in [-0.2, 0) is 6.18 Å². The minimum absolute atomic E-state index is 0.605. The maximum atomic E-state index is 12.4. The molecule has 0 aromatic heterocycles. The lowest BCUT2D eigenvalue weighted by Crippen LogP contribution is -2.37.